The molecule has 29 heavy (non-hydrogen) atoms. The molecule has 1 aliphatic rings. The zero-order valence-corrected chi connectivity index (χ0v) is 17.1. The van der Waals surface area contributed by atoms with Gasteiger partial charge in [-0.25, -0.2) is 14.5 Å². The Morgan fingerprint density at radius 1 is 1.07 bits per heavy atom. The molecule has 152 valence electrons. The third kappa shape index (κ3) is 4.31. The van der Waals surface area contributed by atoms with Crippen LogP contribution >= 0.6 is 11.6 Å². The van der Waals surface area contributed by atoms with Gasteiger partial charge in [0.15, 0.2) is 0 Å². The van der Waals surface area contributed by atoms with Crippen LogP contribution in [0.5, 0.6) is 5.75 Å². The lowest BCUT2D eigenvalue weighted by Gasteiger charge is -2.36. The second-order valence-corrected chi connectivity index (χ2v) is 7.44. The van der Waals surface area contributed by atoms with E-state index in [9.17, 15) is 4.79 Å². The van der Waals surface area contributed by atoms with E-state index in [1.54, 1.807) is 23.8 Å². The Labute approximate surface area is 174 Å². The van der Waals surface area contributed by atoms with Crippen molar-refractivity contribution in [2.45, 2.75) is 6.42 Å². The van der Waals surface area contributed by atoms with E-state index >= 15 is 0 Å². The van der Waals surface area contributed by atoms with Gasteiger partial charge in [0.2, 0.25) is 0 Å². The van der Waals surface area contributed by atoms with Gasteiger partial charge in [-0.1, -0.05) is 23.7 Å². The molecular weight excluding hydrogens is 390 g/mol. The summed E-state index contributed by atoms with van der Waals surface area (Å²) in [7, 11) is 1.71. The van der Waals surface area contributed by atoms with E-state index in [-0.39, 0.29) is 5.69 Å². The number of halogens is 1. The first-order chi connectivity index (χ1) is 14.2. The van der Waals surface area contributed by atoms with Crippen molar-refractivity contribution in [3.63, 3.8) is 0 Å². The van der Waals surface area contributed by atoms with Crippen molar-refractivity contribution in [1.82, 2.24) is 19.7 Å². The van der Waals surface area contributed by atoms with Gasteiger partial charge in [0.1, 0.15) is 11.6 Å². The van der Waals surface area contributed by atoms with Crippen molar-refractivity contribution in [3.8, 4) is 11.4 Å². The molecule has 0 spiro atoms. The van der Waals surface area contributed by atoms with E-state index < -0.39 is 0 Å². The summed E-state index contributed by atoms with van der Waals surface area (Å²) in [5, 5.41) is 7.42. The highest BCUT2D eigenvalue weighted by atomic mass is 35.5. The first-order valence-corrected chi connectivity index (χ1v) is 10.1. The zero-order valence-electron chi connectivity index (χ0n) is 16.3. The predicted octanol–water partition coefficient (Wildman–Crippen LogP) is 2.59. The molecule has 4 rings (SSSR count). The molecule has 1 saturated heterocycles. The molecule has 2 heterocycles. The number of nitrogens with one attached hydrogen (secondary N) is 1. The lowest BCUT2D eigenvalue weighted by molar-refractivity contribution is 0.258. The molecule has 3 aromatic rings. The SMILES string of the molecule is COc1ccccc1N1CCN(CCc2n[nH]c(=O)n2-c2ccc(Cl)cc2)CC1. The predicted molar refractivity (Wildman–Crippen MR) is 115 cm³/mol. The normalized spacial score (nSPS) is 14.9. The van der Waals surface area contributed by atoms with Crippen molar-refractivity contribution < 1.29 is 4.74 Å². The van der Waals surface area contributed by atoms with Gasteiger partial charge in [-0.05, 0) is 36.4 Å². The number of hydrogen-bond donors (Lipinski definition) is 1. The smallest absolute Gasteiger partial charge is 0.347 e. The van der Waals surface area contributed by atoms with Crippen LogP contribution in [0.3, 0.4) is 0 Å². The number of hydrogen-bond acceptors (Lipinski definition) is 5. The summed E-state index contributed by atoms with van der Waals surface area (Å²) in [5.74, 6) is 1.63. The van der Waals surface area contributed by atoms with Crippen molar-refractivity contribution >= 4 is 17.3 Å². The van der Waals surface area contributed by atoms with Crippen LogP contribution in [-0.2, 0) is 6.42 Å². The second kappa shape index (κ2) is 8.71. The molecule has 0 unspecified atom stereocenters. The summed E-state index contributed by atoms with van der Waals surface area (Å²) in [4.78, 5) is 17.0. The number of rotatable bonds is 6. The van der Waals surface area contributed by atoms with Crippen molar-refractivity contribution in [1.29, 1.82) is 0 Å². The summed E-state index contributed by atoms with van der Waals surface area (Å²) >= 11 is 5.96. The fraction of sp³-hybridized carbons (Fsp3) is 0.333. The van der Waals surface area contributed by atoms with E-state index in [0.717, 1.165) is 55.7 Å². The van der Waals surface area contributed by atoms with E-state index in [0.29, 0.717) is 11.4 Å². The van der Waals surface area contributed by atoms with Gasteiger partial charge in [0.25, 0.3) is 0 Å². The molecule has 1 N–H and O–H groups in total. The first kappa shape index (κ1) is 19.5. The van der Waals surface area contributed by atoms with Gasteiger partial charge in [0, 0.05) is 44.2 Å². The van der Waals surface area contributed by atoms with Gasteiger partial charge in [-0.2, -0.15) is 5.10 Å². The topological polar surface area (TPSA) is 66.4 Å². The lowest BCUT2D eigenvalue weighted by Crippen LogP contribution is -2.47. The first-order valence-electron chi connectivity index (χ1n) is 9.68. The number of anilines is 1. The summed E-state index contributed by atoms with van der Waals surface area (Å²) in [5.41, 5.74) is 1.67. The van der Waals surface area contributed by atoms with Crippen molar-refractivity contribution in [3.05, 3.63) is 69.9 Å². The number of nitrogens with zero attached hydrogens (tertiary/aromatic N) is 4. The zero-order chi connectivity index (χ0) is 20.2. The van der Waals surface area contributed by atoms with Crippen molar-refractivity contribution in [2.75, 3.05) is 44.7 Å². The third-order valence-electron chi connectivity index (χ3n) is 5.28. The number of piperazine rings is 1. The third-order valence-corrected chi connectivity index (χ3v) is 5.53. The highest BCUT2D eigenvalue weighted by Gasteiger charge is 2.20. The van der Waals surface area contributed by atoms with Gasteiger partial charge in [0.05, 0.1) is 18.5 Å². The molecule has 0 radical (unpaired) electrons. The molecule has 0 bridgehead atoms. The molecule has 1 aliphatic heterocycles. The fourth-order valence-corrected chi connectivity index (χ4v) is 3.84. The fourth-order valence-electron chi connectivity index (χ4n) is 3.72. The molecule has 0 atom stereocenters. The Morgan fingerprint density at radius 2 is 1.79 bits per heavy atom. The number of para-hydroxylation sites is 2. The molecule has 7 nitrogen and oxygen atoms in total. The molecule has 1 fully saturated rings. The highest BCUT2D eigenvalue weighted by Crippen LogP contribution is 2.28. The summed E-state index contributed by atoms with van der Waals surface area (Å²) in [6.07, 6.45) is 0.691. The van der Waals surface area contributed by atoms with Crippen LogP contribution in [0, 0.1) is 0 Å². The molecule has 8 heteroatoms. The van der Waals surface area contributed by atoms with Crippen LogP contribution in [0.2, 0.25) is 5.02 Å². The number of aromatic amines is 1. The molecule has 1 aromatic heterocycles. The maximum Gasteiger partial charge on any atom is 0.347 e. The van der Waals surface area contributed by atoms with Crippen LogP contribution in [0.25, 0.3) is 5.69 Å². The van der Waals surface area contributed by atoms with Crippen LogP contribution < -0.4 is 15.3 Å². The molecule has 0 amide bonds. The average molecular weight is 414 g/mol. The Balaban J connectivity index is 1.38. The summed E-state index contributed by atoms with van der Waals surface area (Å²) < 4.78 is 7.10. The Hall–Kier alpha value is -2.77. The number of H-pyrrole nitrogens is 1. The van der Waals surface area contributed by atoms with Crippen LogP contribution in [-0.4, -0.2) is 59.5 Å². The minimum absolute atomic E-state index is 0.233. The van der Waals surface area contributed by atoms with Crippen LogP contribution in [0.4, 0.5) is 5.69 Å². The molecule has 0 aliphatic carbocycles. The highest BCUT2D eigenvalue weighted by molar-refractivity contribution is 6.30. The molecule has 2 aromatic carbocycles. The monoisotopic (exact) mass is 413 g/mol. The van der Waals surface area contributed by atoms with E-state index in [4.69, 9.17) is 16.3 Å². The molecular formula is C21H24ClN5O2. The standard InChI is InChI=1S/C21H24ClN5O2/c1-29-19-5-3-2-4-18(19)26-14-12-25(13-15-26)11-10-20-23-24-21(28)27(20)17-8-6-16(22)7-9-17/h2-9H,10-15H2,1H3,(H,24,28). The quantitative estimate of drug-likeness (QED) is 0.672. The number of benzene rings is 2. The second-order valence-electron chi connectivity index (χ2n) is 7.01. The maximum absolute atomic E-state index is 12.2. The van der Waals surface area contributed by atoms with Gasteiger partial charge < -0.3 is 9.64 Å². The van der Waals surface area contributed by atoms with E-state index in [1.807, 2.05) is 30.3 Å². The summed E-state index contributed by atoms with van der Waals surface area (Å²) in [6, 6.07) is 15.3. The van der Waals surface area contributed by atoms with Gasteiger partial charge in [-0.3, -0.25) is 4.90 Å². The number of methoxy groups -OCH3 is 1. The molecule has 0 saturated carbocycles. The lowest BCUT2D eigenvalue weighted by atomic mass is 10.2. The largest absolute Gasteiger partial charge is 0.495 e. The number of ether oxygens (including phenoxy) is 1. The Bertz CT molecular complexity index is 1010. The van der Waals surface area contributed by atoms with E-state index in [2.05, 4.69) is 26.1 Å². The summed E-state index contributed by atoms with van der Waals surface area (Å²) in [6.45, 7) is 4.62. The average Bonchev–Trinajstić information content (AvgIpc) is 3.13. The number of aromatic nitrogens is 3. The van der Waals surface area contributed by atoms with Crippen molar-refractivity contribution in [2.24, 2.45) is 0 Å². The maximum atomic E-state index is 12.2. The minimum atomic E-state index is -0.233. The Kier molecular flexibility index (Phi) is 5.87. The minimum Gasteiger partial charge on any atom is -0.495 e. The van der Waals surface area contributed by atoms with Crippen LogP contribution in [0.15, 0.2) is 53.3 Å². The van der Waals surface area contributed by atoms with Gasteiger partial charge in [-0.15, -0.1) is 0 Å². The Morgan fingerprint density at radius 3 is 2.52 bits per heavy atom. The van der Waals surface area contributed by atoms with E-state index in [1.165, 1.54) is 0 Å². The van der Waals surface area contributed by atoms with Gasteiger partial charge >= 0.3 is 5.69 Å². The van der Waals surface area contributed by atoms with Crippen LogP contribution in [0.1, 0.15) is 5.82 Å².